The molecule has 4 nitrogen and oxygen atoms in total. The van der Waals surface area contributed by atoms with E-state index in [4.69, 9.17) is 4.42 Å². The highest BCUT2D eigenvalue weighted by atomic mass is 16.3. The minimum Gasteiger partial charge on any atom is -0.508 e. The van der Waals surface area contributed by atoms with Crippen molar-refractivity contribution in [1.82, 2.24) is 4.90 Å². The average Bonchev–Trinajstić information content (AvgIpc) is 3.07. The van der Waals surface area contributed by atoms with Crippen LogP contribution in [0.25, 0.3) is 0 Å². The van der Waals surface area contributed by atoms with Gasteiger partial charge in [-0.25, -0.2) is 0 Å². The van der Waals surface area contributed by atoms with E-state index in [2.05, 4.69) is 0 Å². The van der Waals surface area contributed by atoms with Crippen LogP contribution in [0.4, 0.5) is 0 Å². The summed E-state index contributed by atoms with van der Waals surface area (Å²) in [4.78, 5) is 14.2. The van der Waals surface area contributed by atoms with Gasteiger partial charge in [0.05, 0.1) is 6.26 Å². The van der Waals surface area contributed by atoms with E-state index in [1.165, 1.54) is 5.56 Å². The van der Waals surface area contributed by atoms with Crippen molar-refractivity contribution in [3.05, 3.63) is 54.0 Å². The first-order chi connectivity index (χ1) is 10.7. The van der Waals surface area contributed by atoms with Gasteiger partial charge >= 0.3 is 0 Å². The number of benzene rings is 1. The fourth-order valence-electron chi connectivity index (χ4n) is 3.05. The molecule has 1 aliphatic heterocycles. The van der Waals surface area contributed by atoms with Crippen LogP contribution in [0.1, 0.15) is 36.5 Å². The van der Waals surface area contributed by atoms with Gasteiger partial charge in [0, 0.05) is 25.9 Å². The first kappa shape index (κ1) is 14.7. The quantitative estimate of drug-likeness (QED) is 0.942. The number of nitrogens with zero attached hydrogens (tertiary/aromatic N) is 1. The number of rotatable bonds is 4. The second-order valence-corrected chi connectivity index (χ2v) is 5.83. The van der Waals surface area contributed by atoms with Crippen molar-refractivity contribution >= 4 is 5.91 Å². The lowest BCUT2D eigenvalue weighted by molar-refractivity contribution is -0.132. The molecule has 22 heavy (non-hydrogen) atoms. The maximum absolute atomic E-state index is 12.2. The molecule has 2 heterocycles. The number of carbonyl (C=O) groups excluding carboxylic acids is 1. The highest BCUT2D eigenvalue weighted by Gasteiger charge is 2.23. The molecule has 0 bridgehead atoms. The average molecular weight is 299 g/mol. The van der Waals surface area contributed by atoms with Crippen LogP contribution in [0.5, 0.6) is 5.75 Å². The van der Waals surface area contributed by atoms with E-state index in [-0.39, 0.29) is 5.91 Å². The predicted octanol–water partition coefficient (Wildman–Crippen LogP) is 3.32. The predicted molar refractivity (Wildman–Crippen MR) is 83.7 cm³/mol. The number of amides is 1. The van der Waals surface area contributed by atoms with Gasteiger partial charge in [0.15, 0.2) is 0 Å². The van der Waals surface area contributed by atoms with Gasteiger partial charge in [0.1, 0.15) is 11.5 Å². The molecule has 4 heteroatoms. The molecule has 116 valence electrons. The summed E-state index contributed by atoms with van der Waals surface area (Å²) in [6.07, 6.45) is 4.79. The minimum absolute atomic E-state index is 0.209. The van der Waals surface area contributed by atoms with Gasteiger partial charge in [-0.05, 0) is 48.6 Å². The van der Waals surface area contributed by atoms with Gasteiger partial charge in [-0.2, -0.15) is 0 Å². The van der Waals surface area contributed by atoms with Gasteiger partial charge in [0.2, 0.25) is 5.91 Å². The van der Waals surface area contributed by atoms with E-state index >= 15 is 0 Å². The van der Waals surface area contributed by atoms with Crippen molar-refractivity contribution in [1.29, 1.82) is 0 Å². The first-order valence-electron chi connectivity index (χ1n) is 7.81. The molecular formula is C18H21NO3. The van der Waals surface area contributed by atoms with Crippen LogP contribution in [0.15, 0.2) is 47.1 Å². The maximum atomic E-state index is 12.2. The molecule has 1 aromatic carbocycles. The number of phenolic OH excluding ortho intramolecular Hbond substituents is 1. The summed E-state index contributed by atoms with van der Waals surface area (Å²) in [5, 5.41) is 9.35. The van der Waals surface area contributed by atoms with Crippen molar-refractivity contribution in [2.75, 3.05) is 13.1 Å². The third kappa shape index (κ3) is 3.50. The lowest BCUT2D eigenvalue weighted by atomic mass is 9.89. The zero-order valence-corrected chi connectivity index (χ0v) is 12.6. The zero-order valence-electron chi connectivity index (χ0n) is 12.6. The van der Waals surface area contributed by atoms with Crippen LogP contribution >= 0.6 is 0 Å². The fraction of sp³-hybridized carbons (Fsp3) is 0.389. The van der Waals surface area contributed by atoms with Gasteiger partial charge in [-0.1, -0.05) is 12.1 Å². The summed E-state index contributed by atoms with van der Waals surface area (Å²) in [6.45, 7) is 1.62. The normalized spacial score (nSPS) is 15.9. The summed E-state index contributed by atoms with van der Waals surface area (Å²) < 4.78 is 5.26. The number of piperidine rings is 1. The fourth-order valence-corrected chi connectivity index (χ4v) is 3.05. The summed E-state index contributed by atoms with van der Waals surface area (Å²) in [6, 6.07) is 11.2. The summed E-state index contributed by atoms with van der Waals surface area (Å²) in [5.41, 5.74) is 1.25. The smallest absolute Gasteiger partial charge is 0.223 e. The lowest BCUT2D eigenvalue weighted by Gasteiger charge is -2.32. The van der Waals surface area contributed by atoms with Crippen molar-refractivity contribution in [3.8, 4) is 5.75 Å². The van der Waals surface area contributed by atoms with Crippen molar-refractivity contribution in [3.63, 3.8) is 0 Å². The Hall–Kier alpha value is -2.23. The SMILES string of the molecule is O=C(CCc1ccco1)N1CCC(c2ccc(O)cc2)CC1. The van der Waals surface area contributed by atoms with E-state index in [1.807, 2.05) is 29.2 Å². The van der Waals surface area contributed by atoms with Crippen molar-refractivity contribution < 1.29 is 14.3 Å². The number of aryl methyl sites for hydroxylation is 1. The number of likely N-dealkylation sites (tertiary alicyclic amines) is 1. The Bertz CT molecular complexity index is 596. The Balaban J connectivity index is 1.48. The number of phenols is 1. The maximum Gasteiger partial charge on any atom is 0.223 e. The lowest BCUT2D eigenvalue weighted by Crippen LogP contribution is -2.38. The van der Waals surface area contributed by atoms with Crippen LogP contribution < -0.4 is 0 Å². The second-order valence-electron chi connectivity index (χ2n) is 5.83. The van der Waals surface area contributed by atoms with Crippen LogP contribution in [0, 0.1) is 0 Å². The highest BCUT2D eigenvalue weighted by molar-refractivity contribution is 5.76. The molecule has 1 amide bonds. The number of hydrogen-bond acceptors (Lipinski definition) is 3. The molecule has 1 aliphatic rings. The molecule has 0 aliphatic carbocycles. The van der Waals surface area contributed by atoms with Gasteiger partial charge in [-0.3, -0.25) is 4.79 Å². The molecule has 0 radical (unpaired) electrons. The number of furan rings is 1. The molecular weight excluding hydrogens is 278 g/mol. The van der Waals surface area contributed by atoms with Crippen LogP contribution in [-0.2, 0) is 11.2 Å². The molecule has 0 unspecified atom stereocenters. The minimum atomic E-state index is 0.209. The summed E-state index contributed by atoms with van der Waals surface area (Å²) in [5.74, 6) is 1.86. The molecule has 0 atom stereocenters. The van der Waals surface area contributed by atoms with Crippen molar-refractivity contribution in [2.45, 2.75) is 31.6 Å². The molecule has 0 saturated carbocycles. The zero-order chi connectivity index (χ0) is 15.4. The highest BCUT2D eigenvalue weighted by Crippen LogP contribution is 2.29. The Kier molecular flexibility index (Phi) is 4.47. The second kappa shape index (κ2) is 6.69. The number of hydrogen-bond donors (Lipinski definition) is 1. The third-order valence-corrected chi connectivity index (χ3v) is 4.38. The molecule has 1 fully saturated rings. The Morgan fingerprint density at radius 3 is 2.55 bits per heavy atom. The van der Waals surface area contributed by atoms with E-state index in [0.717, 1.165) is 31.7 Å². The van der Waals surface area contributed by atoms with E-state index in [1.54, 1.807) is 18.4 Å². The summed E-state index contributed by atoms with van der Waals surface area (Å²) in [7, 11) is 0. The molecule has 1 aromatic heterocycles. The Morgan fingerprint density at radius 2 is 1.91 bits per heavy atom. The van der Waals surface area contributed by atoms with Gasteiger partial charge in [0.25, 0.3) is 0 Å². The van der Waals surface area contributed by atoms with Gasteiger partial charge < -0.3 is 14.4 Å². The third-order valence-electron chi connectivity index (χ3n) is 4.38. The van der Waals surface area contributed by atoms with E-state index in [0.29, 0.717) is 24.5 Å². The topological polar surface area (TPSA) is 53.7 Å². The molecule has 0 spiro atoms. The van der Waals surface area contributed by atoms with Gasteiger partial charge in [-0.15, -0.1) is 0 Å². The Morgan fingerprint density at radius 1 is 1.18 bits per heavy atom. The standard InChI is InChI=1S/C18H21NO3/c20-16-5-3-14(4-6-16)15-9-11-19(12-10-15)18(21)8-7-17-2-1-13-22-17/h1-6,13,15,20H,7-12H2. The number of aromatic hydroxyl groups is 1. The molecule has 1 N–H and O–H groups in total. The monoisotopic (exact) mass is 299 g/mol. The molecule has 3 rings (SSSR count). The van der Waals surface area contributed by atoms with Crippen LogP contribution in [0.3, 0.4) is 0 Å². The molecule has 2 aromatic rings. The molecule has 1 saturated heterocycles. The first-order valence-corrected chi connectivity index (χ1v) is 7.81. The van der Waals surface area contributed by atoms with Crippen molar-refractivity contribution in [2.24, 2.45) is 0 Å². The van der Waals surface area contributed by atoms with E-state index < -0.39 is 0 Å². The van der Waals surface area contributed by atoms with Crippen LogP contribution in [-0.4, -0.2) is 29.0 Å². The van der Waals surface area contributed by atoms with E-state index in [9.17, 15) is 9.90 Å². The largest absolute Gasteiger partial charge is 0.508 e. The Labute approximate surface area is 130 Å². The number of carbonyl (C=O) groups is 1. The summed E-state index contributed by atoms with van der Waals surface area (Å²) >= 11 is 0. The van der Waals surface area contributed by atoms with Crippen LogP contribution in [0.2, 0.25) is 0 Å².